The van der Waals surface area contributed by atoms with Crippen LogP contribution in [-0.2, 0) is 0 Å². The highest BCUT2D eigenvalue weighted by molar-refractivity contribution is 7.13. The molecule has 0 bridgehead atoms. The molecule has 1 saturated heterocycles. The maximum absolute atomic E-state index is 12.9. The Labute approximate surface area is 187 Å². The second kappa shape index (κ2) is 7.45. The Kier molecular flexibility index (Phi) is 4.43. The molecular formula is C23H20N6O2S. The molecule has 0 aliphatic carbocycles. The molecule has 1 aromatic carbocycles. The molecule has 8 nitrogen and oxygen atoms in total. The molecule has 6 rings (SSSR count). The van der Waals surface area contributed by atoms with E-state index >= 15 is 0 Å². The molecule has 0 saturated carbocycles. The first kappa shape index (κ1) is 19.0. The SMILES string of the molecule is C[C@@H]1CN(c2nc3ccccc3c3nnc(-c4cccs4)n23)CCN1C(=O)c1ccoc1. The van der Waals surface area contributed by atoms with Crippen LogP contribution in [0.2, 0.25) is 0 Å². The van der Waals surface area contributed by atoms with Gasteiger partial charge >= 0.3 is 0 Å². The van der Waals surface area contributed by atoms with Gasteiger partial charge in [-0.2, -0.15) is 0 Å². The van der Waals surface area contributed by atoms with E-state index in [1.54, 1.807) is 17.4 Å². The summed E-state index contributed by atoms with van der Waals surface area (Å²) in [5.41, 5.74) is 2.25. The van der Waals surface area contributed by atoms with Gasteiger partial charge in [-0.15, -0.1) is 21.5 Å². The first-order valence-corrected chi connectivity index (χ1v) is 11.3. The monoisotopic (exact) mass is 444 g/mol. The van der Waals surface area contributed by atoms with Crippen LogP contribution in [0, 0.1) is 0 Å². The van der Waals surface area contributed by atoms with Gasteiger partial charge < -0.3 is 14.2 Å². The molecule has 1 amide bonds. The molecule has 5 aromatic rings. The fourth-order valence-corrected chi connectivity index (χ4v) is 5.03. The van der Waals surface area contributed by atoms with Crippen molar-refractivity contribution in [2.75, 3.05) is 24.5 Å². The number of piperazine rings is 1. The van der Waals surface area contributed by atoms with E-state index in [2.05, 4.69) is 26.4 Å². The molecule has 32 heavy (non-hydrogen) atoms. The molecule has 1 aliphatic heterocycles. The predicted octanol–water partition coefficient (Wildman–Crippen LogP) is 3.95. The third-order valence-corrected chi connectivity index (χ3v) is 6.78. The van der Waals surface area contributed by atoms with Crippen molar-refractivity contribution >= 4 is 39.7 Å². The highest BCUT2D eigenvalue weighted by Gasteiger charge is 2.31. The van der Waals surface area contributed by atoms with Crippen LogP contribution in [0.25, 0.3) is 27.3 Å². The van der Waals surface area contributed by atoms with Gasteiger partial charge in [-0.3, -0.25) is 4.79 Å². The Hall–Kier alpha value is -3.72. The predicted molar refractivity (Wildman–Crippen MR) is 123 cm³/mol. The van der Waals surface area contributed by atoms with E-state index in [0.29, 0.717) is 25.2 Å². The molecule has 9 heteroatoms. The third kappa shape index (κ3) is 2.96. The number of hydrogen-bond donors (Lipinski definition) is 0. The van der Waals surface area contributed by atoms with Gasteiger partial charge in [-0.25, -0.2) is 9.38 Å². The summed E-state index contributed by atoms with van der Waals surface area (Å²) in [6.07, 6.45) is 3.03. The number of furan rings is 1. The van der Waals surface area contributed by atoms with Crippen LogP contribution in [0.5, 0.6) is 0 Å². The van der Waals surface area contributed by atoms with Crippen LogP contribution in [-0.4, -0.2) is 56.1 Å². The molecule has 0 spiro atoms. The van der Waals surface area contributed by atoms with E-state index in [0.717, 1.165) is 33.2 Å². The van der Waals surface area contributed by atoms with Crippen molar-refractivity contribution in [3.05, 3.63) is 65.9 Å². The number of benzene rings is 1. The van der Waals surface area contributed by atoms with Gasteiger partial charge in [-0.05, 0) is 36.6 Å². The van der Waals surface area contributed by atoms with E-state index in [9.17, 15) is 4.79 Å². The van der Waals surface area contributed by atoms with Crippen molar-refractivity contribution < 1.29 is 9.21 Å². The van der Waals surface area contributed by atoms with Crippen molar-refractivity contribution in [3.63, 3.8) is 0 Å². The van der Waals surface area contributed by atoms with Crippen molar-refractivity contribution in [2.45, 2.75) is 13.0 Å². The number of hydrogen-bond acceptors (Lipinski definition) is 7. The van der Waals surface area contributed by atoms with Crippen LogP contribution in [0.3, 0.4) is 0 Å². The minimum absolute atomic E-state index is 0.00825. The van der Waals surface area contributed by atoms with Crippen LogP contribution in [0.1, 0.15) is 17.3 Å². The molecule has 1 fully saturated rings. The normalized spacial score (nSPS) is 16.8. The molecule has 1 aliphatic rings. The van der Waals surface area contributed by atoms with Crippen molar-refractivity contribution in [1.82, 2.24) is 24.5 Å². The maximum atomic E-state index is 12.9. The minimum Gasteiger partial charge on any atom is -0.472 e. The quantitative estimate of drug-likeness (QED) is 0.419. The number of carbonyl (C=O) groups is 1. The summed E-state index contributed by atoms with van der Waals surface area (Å²) in [4.78, 5) is 23.1. The number of amides is 1. The van der Waals surface area contributed by atoms with Gasteiger partial charge in [0.2, 0.25) is 5.95 Å². The zero-order valence-electron chi connectivity index (χ0n) is 17.4. The second-order valence-corrected chi connectivity index (χ2v) is 8.84. The van der Waals surface area contributed by atoms with E-state index in [-0.39, 0.29) is 11.9 Å². The zero-order chi connectivity index (χ0) is 21.7. The Morgan fingerprint density at radius 1 is 1.12 bits per heavy atom. The first-order chi connectivity index (χ1) is 15.7. The average molecular weight is 445 g/mol. The summed E-state index contributed by atoms with van der Waals surface area (Å²) in [5, 5.41) is 12.1. The van der Waals surface area contributed by atoms with Gasteiger partial charge in [0.25, 0.3) is 5.91 Å². The molecule has 1 atom stereocenters. The van der Waals surface area contributed by atoms with E-state index in [1.165, 1.54) is 12.5 Å². The molecule has 5 heterocycles. The third-order valence-electron chi connectivity index (χ3n) is 5.91. The molecular weight excluding hydrogens is 424 g/mol. The van der Waals surface area contributed by atoms with Gasteiger partial charge in [0.05, 0.1) is 22.2 Å². The van der Waals surface area contributed by atoms with Crippen LogP contribution < -0.4 is 4.90 Å². The second-order valence-electron chi connectivity index (χ2n) is 7.89. The number of para-hydroxylation sites is 1. The van der Waals surface area contributed by atoms with E-state index in [1.807, 2.05) is 46.7 Å². The molecule has 0 unspecified atom stereocenters. The highest BCUT2D eigenvalue weighted by atomic mass is 32.1. The number of aromatic nitrogens is 4. The highest BCUT2D eigenvalue weighted by Crippen LogP contribution is 2.31. The average Bonchev–Trinajstić information content (AvgIpc) is 3.59. The lowest BCUT2D eigenvalue weighted by atomic mass is 10.1. The topological polar surface area (TPSA) is 79.8 Å². The Balaban J connectivity index is 1.43. The lowest BCUT2D eigenvalue weighted by molar-refractivity contribution is 0.0672. The Morgan fingerprint density at radius 3 is 2.81 bits per heavy atom. The van der Waals surface area contributed by atoms with Crippen molar-refractivity contribution in [2.24, 2.45) is 0 Å². The molecule has 4 aromatic heterocycles. The number of nitrogens with zero attached hydrogens (tertiary/aromatic N) is 6. The van der Waals surface area contributed by atoms with Gasteiger partial charge in [0, 0.05) is 31.1 Å². The zero-order valence-corrected chi connectivity index (χ0v) is 18.2. The number of rotatable bonds is 3. The first-order valence-electron chi connectivity index (χ1n) is 10.5. The molecule has 160 valence electrons. The van der Waals surface area contributed by atoms with Gasteiger partial charge in [0.15, 0.2) is 11.5 Å². The molecule has 0 radical (unpaired) electrons. The summed E-state index contributed by atoms with van der Waals surface area (Å²) in [7, 11) is 0. The maximum Gasteiger partial charge on any atom is 0.257 e. The fourth-order valence-electron chi connectivity index (χ4n) is 4.34. The fraction of sp³-hybridized carbons (Fsp3) is 0.217. The summed E-state index contributed by atoms with van der Waals surface area (Å²) in [5.74, 6) is 1.58. The lowest BCUT2D eigenvalue weighted by Crippen LogP contribution is -2.54. The van der Waals surface area contributed by atoms with E-state index < -0.39 is 0 Å². The van der Waals surface area contributed by atoms with Gasteiger partial charge in [-0.1, -0.05) is 18.2 Å². The minimum atomic E-state index is -0.00825. The number of anilines is 1. The number of carbonyl (C=O) groups excluding carboxylic acids is 1. The standard InChI is InChI=1S/C23H20N6O2S/c1-15-13-27(9-10-28(15)22(30)16-8-11-31-14-16)23-24-18-6-3-2-5-17(18)20-25-26-21(29(20)23)19-7-4-12-32-19/h2-8,11-12,14-15H,9-10,13H2,1H3/t15-/m1/s1. The lowest BCUT2D eigenvalue weighted by Gasteiger charge is -2.40. The number of fused-ring (bicyclic) bond motifs is 3. The Bertz CT molecular complexity index is 1410. The summed E-state index contributed by atoms with van der Waals surface area (Å²) < 4.78 is 7.15. The Morgan fingerprint density at radius 2 is 2.03 bits per heavy atom. The van der Waals surface area contributed by atoms with Gasteiger partial charge in [0.1, 0.15) is 6.26 Å². The van der Waals surface area contributed by atoms with E-state index in [4.69, 9.17) is 9.40 Å². The van der Waals surface area contributed by atoms with Crippen molar-refractivity contribution in [1.29, 1.82) is 0 Å². The molecule has 0 N–H and O–H groups in total. The van der Waals surface area contributed by atoms with Crippen LogP contribution >= 0.6 is 11.3 Å². The summed E-state index contributed by atoms with van der Waals surface area (Å²) >= 11 is 1.63. The smallest absolute Gasteiger partial charge is 0.257 e. The number of thiophene rings is 1. The van der Waals surface area contributed by atoms with Crippen molar-refractivity contribution in [3.8, 4) is 10.7 Å². The summed E-state index contributed by atoms with van der Waals surface area (Å²) in [6.45, 7) is 3.98. The largest absolute Gasteiger partial charge is 0.472 e. The van der Waals surface area contributed by atoms with Crippen LogP contribution in [0.4, 0.5) is 5.95 Å². The summed E-state index contributed by atoms with van der Waals surface area (Å²) in [6, 6.07) is 13.8. The van der Waals surface area contributed by atoms with Crippen LogP contribution in [0.15, 0.2) is 64.8 Å².